The van der Waals surface area contributed by atoms with Crippen molar-refractivity contribution in [1.29, 1.82) is 0 Å². The van der Waals surface area contributed by atoms with Gasteiger partial charge in [-0.25, -0.2) is 0 Å². The Morgan fingerprint density at radius 3 is 1.71 bits per heavy atom. The summed E-state index contributed by atoms with van der Waals surface area (Å²) in [6, 6.07) is 10.2. The van der Waals surface area contributed by atoms with E-state index in [1.807, 2.05) is 6.92 Å². The van der Waals surface area contributed by atoms with Gasteiger partial charge in [-0.1, -0.05) is 100 Å². The van der Waals surface area contributed by atoms with E-state index in [-0.39, 0.29) is 45.1 Å². The van der Waals surface area contributed by atoms with Crippen LogP contribution in [-0.4, -0.2) is 228 Å². The molecule has 3 N–H and O–H groups in total. The summed E-state index contributed by atoms with van der Waals surface area (Å²) in [6.45, 7) is 8.31. The lowest BCUT2D eigenvalue weighted by Crippen LogP contribution is -2.60. The number of carbonyl (C=O) groups is 11. The van der Waals surface area contributed by atoms with Crippen LogP contribution in [0.5, 0.6) is 0 Å². The Balaban J connectivity index is 1.57. The normalized spacial score (nSPS) is 24.4. The van der Waals surface area contributed by atoms with Gasteiger partial charge in [0.2, 0.25) is 65.0 Å². The van der Waals surface area contributed by atoms with E-state index in [0.717, 1.165) is 31.7 Å². The molecule has 1 unspecified atom stereocenters. The van der Waals surface area contributed by atoms with Crippen molar-refractivity contribution >= 4 is 76.6 Å². The van der Waals surface area contributed by atoms with E-state index >= 15 is 14.4 Å². The molecule has 0 saturated carbocycles. The standard InChI is InChI=1S/C65H89ClF3N11O11/c1-14-40(4)56-64(91)75(9)37-54(83)73(7)38-55(84)77(11)50(35-45-24-29-47(66)30-25-45)61(88)74(8)36-52(81)71-48(31-26-43-22-27-46(28-23-43)65(67,68)69)60(87)80-32-18-21-49(80)62(89)78(12)51(34-44-19-16-15-17-20-44)63(90)79(13)57(39(2)3)59(86)70-41(5)33-53(82)76(10)42(6)58(85)72-56/h15-17,19-20,22-25,27-30,39-42,48-51,56-57H,14,18,21,26,31-38H2,1-13H3,(H,70,86)(H,71,81)(H,72,85)/t40-,41+,42-,48-,49?,50-,51-,56-,57-/m0/s1. The smallest absolute Gasteiger partial charge is 0.351 e. The lowest BCUT2D eigenvalue weighted by molar-refractivity contribution is -0.152. The number of carbonyl (C=O) groups excluding carboxylic acids is 11. The van der Waals surface area contributed by atoms with E-state index in [2.05, 4.69) is 16.0 Å². The number of nitrogens with one attached hydrogen (secondary N) is 3. The van der Waals surface area contributed by atoms with Gasteiger partial charge in [-0.05, 0) is 92.3 Å². The third kappa shape index (κ3) is 19.7. The topological polar surface area (TPSA) is 250 Å². The molecule has 0 radical (unpaired) electrons. The summed E-state index contributed by atoms with van der Waals surface area (Å²) in [5, 5.41) is 8.73. The molecule has 498 valence electrons. The summed E-state index contributed by atoms with van der Waals surface area (Å²) in [4.78, 5) is 168. The lowest BCUT2D eigenvalue weighted by Gasteiger charge is -2.38. The third-order valence-corrected chi connectivity index (χ3v) is 17.5. The molecule has 0 aromatic heterocycles. The highest BCUT2D eigenvalue weighted by molar-refractivity contribution is 6.30. The first-order chi connectivity index (χ1) is 42.7. The van der Waals surface area contributed by atoms with E-state index in [4.69, 9.17) is 11.6 Å². The first-order valence-corrected chi connectivity index (χ1v) is 31.0. The Kier molecular flexibility index (Phi) is 26.5. The van der Waals surface area contributed by atoms with E-state index in [9.17, 15) is 51.5 Å². The molecule has 11 amide bonds. The van der Waals surface area contributed by atoms with Gasteiger partial charge in [-0.3, -0.25) is 52.7 Å². The van der Waals surface area contributed by atoms with Crippen molar-refractivity contribution in [3.8, 4) is 0 Å². The minimum absolute atomic E-state index is 0.0232. The molecule has 0 aliphatic carbocycles. The van der Waals surface area contributed by atoms with E-state index < -0.39 is 157 Å². The zero-order valence-electron chi connectivity index (χ0n) is 54.3. The van der Waals surface area contributed by atoms with Crippen LogP contribution in [0, 0.1) is 11.8 Å². The predicted molar refractivity (Wildman–Crippen MR) is 335 cm³/mol. The Morgan fingerprint density at radius 1 is 0.571 bits per heavy atom. The summed E-state index contributed by atoms with van der Waals surface area (Å²) in [6.07, 6.45) is -4.35. The van der Waals surface area contributed by atoms with Crippen molar-refractivity contribution in [2.24, 2.45) is 11.8 Å². The summed E-state index contributed by atoms with van der Waals surface area (Å²) >= 11 is 6.20. The van der Waals surface area contributed by atoms with Crippen molar-refractivity contribution in [2.45, 2.75) is 147 Å². The van der Waals surface area contributed by atoms with Crippen molar-refractivity contribution in [3.63, 3.8) is 0 Å². The molecule has 2 heterocycles. The number of fused-ring (bicyclic) bond motifs is 1. The Morgan fingerprint density at radius 2 is 1.13 bits per heavy atom. The van der Waals surface area contributed by atoms with Gasteiger partial charge in [-0.15, -0.1) is 0 Å². The van der Waals surface area contributed by atoms with E-state index in [1.54, 1.807) is 82.3 Å². The van der Waals surface area contributed by atoms with Gasteiger partial charge >= 0.3 is 6.18 Å². The van der Waals surface area contributed by atoms with Gasteiger partial charge in [0, 0.05) is 86.2 Å². The largest absolute Gasteiger partial charge is 0.416 e. The minimum atomic E-state index is -4.63. The molecule has 5 rings (SSSR count). The average Bonchev–Trinajstić information content (AvgIpc) is 1.93. The number of rotatable bonds is 10. The molecular weight excluding hydrogens is 1200 g/mol. The van der Waals surface area contributed by atoms with Gasteiger partial charge < -0.3 is 55.1 Å². The maximum Gasteiger partial charge on any atom is 0.416 e. The second kappa shape index (κ2) is 32.8. The van der Waals surface area contributed by atoms with Gasteiger partial charge in [0.15, 0.2) is 0 Å². The second-order valence-corrected chi connectivity index (χ2v) is 24.9. The number of nitrogens with zero attached hydrogens (tertiary/aromatic N) is 8. The number of amides is 11. The van der Waals surface area contributed by atoms with Gasteiger partial charge in [0.25, 0.3) is 0 Å². The van der Waals surface area contributed by atoms with Crippen LogP contribution in [-0.2, 0) is 78.2 Å². The highest BCUT2D eigenvalue weighted by atomic mass is 35.5. The molecule has 9 atom stereocenters. The molecule has 26 heteroatoms. The molecule has 3 aromatic rings. The lowest BCUT2D eigenvalue weighted by atomic mass is 9.97. The van der Waals surface area contributed by atoms with Crippen LogP contribution >= 0.6 is 11.6 Å². The van der Waals surface area contributed by atoms with Crippen molar-refractivity contribution in [2.75, 3.05) is 75.5 Å². The Labute approximate surface area is 536 Å². The highest BCUT2D eigenvalue weighted by Crippen LogP contribution is 2.30. The van der Waals surface area contributed by atoms with Crippen LogP contribution in [0.1, 0.15) is 95.9 Å². The number of likely N-dealkylation sites (N-methyl/N-ethyl adjacent to an activating group) is 7. The number of hydrogen-bond donors (Lipinski definition) is 3. The first kappa shape index (κ1) is 73.6. The number of benzene rings is 3. The van der Waals surface area contributed by atoms with E-state index in [0.29, 0.717) is 34.6 Å². The van der Waals surface area contributed by atoms with Crippen LogP contribution in [0.3, 0.4) is 0 Å². The molecule has 2 fully saturated rings. The highest BCUT2D eigenvalue weighted by Gasteiger charge is 2.44. The van der Waals surface area contributed by atoms with Crippen LogP contribution in [0.25, 0.3) is 0 Å². The van der Waals surface area contributed by atoms with Crippen molar-refractivity contribution in [3.05, 3.63) is 106 Å². The molecule has 0 spiro atoms. The zero-order chi connectivity index (χ0) is 67.9. The third-order valence-electron chi connectivity index (χ3n) is 17.3. The quantitative estimate of drug-likeness (QED) is 0.261. The molecular formula is C65H89ClF3N11O11. The fraction of sp³-hybridized carbons (Fsp3) is 0.554. The molecule has 2 aliphatic heterocycles. The van der Waals surface area contributed by atoms with Gasteiger partial charge in [0.05, 0.1) is 25.2 Å². The van der Waals surface area contributed by atoms with Crippen LogP contribution in [0.4, 0.5) is 13.2 Å². The number of hydrogen-bond acceptors (Lipinski definition) is 11. The number of aryl methyl sites for hydroxylation is 1. The molecule has 3 aromatic carbocycles. The van der Waals surface area contributed by atoms with Crippen molar-refractivity contribution < 1.29 is 65.9 Å². The average molecular weight is 1290 g/mol. The number of alkyl halides is 3. The van der Waals surface area contributed by atoms with E-state index in [1.165, 1.54) is 88.0 Å². The van der Waals surface area contributed by atoms with Crippen LogP contribution in [0.15, 0.2) is 78.9 Å². The van der Waals surface area contributed by atoms with Crippen LogP contribution in [0.2, 0.25) is 5.02 Å². The molecule has 2 saturated heterocycles. The molecule has 0 bridgehead atoms. The summed E-state index contributed by atoms with van der Waals surface area (Å²) in [5.74, 6) is -8.40. The molecule has 2 aliphatic rings. The minimum Gasteiger partial charge on any atom is -0.351 e. The molecule has 91 heavy (non-hydrogen) atoms. The summed E-state index contributed by atoms with van der Waals surface area (Å²) in [7, 11) is 9.62. The maximum atomic E-state index is 15.1. The SMILES string of the molecule is CC[C@H](C)[C@@H]1NC(=O)[C@H](C)N(C)C(=O)C[C@@H](C)NC(=O)[C@H](C(C)C)N(C)C(=O)[C@H](Cc2ccccc2)N(C)C(=O)C2CCCN2C(=O)[C@H](CCc2ccc(C(F)(F)F)cc2)NC(=O)CN(C)C(=O)[C@H](Cc2ccc(Cl)cc2)N(C)C(=O)CN(C)C(=O)CN(C)C1=O. The fourth-order valence-corrected chi connectivity index (χ4v) is 11.3. The summed E-state index contributed by atoms with van der Waals surface area (Å²) in [5.41, 5.74) is 0.717. The zero-order valence-corrected chi connectivity index (χ0v) is 55.1. The number of halogens is 4. The van der Waals surface area contributed by atoms with Crippen molar-refractivity contribution in [1.82, 2.24) is 55.1 Å². The molecule has 22 nitrogen and oxygen atoms in total. The predicted octanol–water partition coefficient (Wildman–Crippen LogP) is 4.05. The first-order valence-electron chi connectivity index (χ1n) is 30.6. The fourth-order valence-electron chi connectivity index (χ4n) is 11.2. The Hall–Kier alpha value is -8.09. The van der Waals surface area contributed by atoms with Gasteiger partial charge in [0.1, 0.15) is 42.3 Å². The maximum absolute atomic E-state index is 15.1. The summed E-state index contributed by atoms with van der Waals surface area (Å²) < 4.78 is 40.9. The van der Waals surface area contributed by atoms with Crippen LogP contribution < -0.4 is 16.0 Å². The Bertz CT molecular complexity index is 3090. The van der Waals surface area contributed by atoms with Gasteiger partial charge in [-0.2, -0.15) is 13.2 Å². The monoisotopic (exact) mass is 1290 g/mol. The second-order valence-electron chi connectivity index (χ2n) is 24.5.